The molecule has 1 saturated heterocycles. The van der Waals surface area contributed by atoms with Gasteiger partial charge in [0.25, 0.3) is 11.1 Å². The van der Waals surface area contributed by atoms with Crippen molar-refractivity contribution >= 4 is 29.0 Å². The van der Waals surface area contributed by atoms with Crippen molar-refractivity contribution in [3.8, 4) is 5.75 Å². The van der Waals surface area contributed by atoms with Crippen molar-refractivity contribution in [1.82, 2.24) is 4.90 Å². The highest BCUT2D eigenvalue weighted by atomic mass is 32.2. The SMILES string of the molecule is Cc1cccc(CN2C(=O)S/C(=C/c3cccc(OCc4ccccc4F)c3)C2=O)c1. The average Bonchev–Trinajstić information content (AvgIpc) is 3.01. The fraction of sp³-hybridized carbons (Fsp3) is 0.120. The number of hydrogen-bond donors (Lipinski definition) is 0. The number of ether oxygens (including phenoxy) is 1. The Balaban J connectivity index is 1.47. The maximum atomic E-state index is 13.8. The molecule has 0 bridgehead atoms. The number of rotatable bonds is 6. The molecule has 3 aromatic rings. The van der Waals surface area contributed by atoms with Crippen LogP contribution in [0.4, 0.5) is 9.18 Å². The summed E-state index contributed by atoms with van der Waals surface area (Å²) in [7, 11) is 0. The quantitative estimate of drug-likeness (QED) is 0.451. The average molecular weight is 434 g/mol. The lowest BCUT2D eigenvalue weighted by molar-refractivity contribution is -0.123. The predicted molar refractivity (Wildman–Crippen MR) is 120 cm³/mol. The zero-order valence-electron chi connectivity index (χ0n) is 16.9. The number of aryl methyl sites for hydroxylation is 1. The summed E-state index contributed by atoms with van der Waals surface area (Å²) in [6.07, 6.45) is 1.68. The smallest absolute Gasteiger partial charge is 0.293 e. The molecule has 2 amide bonds. The number of halogens is 1. The molecule has 0 unspecified atom stereocenters. The van der Waals surface area contributed by atoms with E-state index >= 15 is 0 Å². The Hall–Kier alpha value is -3.38. The van der Waals surface area contributed by atoms with Crippen LogP contribution in [0.15, 0.2) is 77.7 Å². The van der Waals surface area contributed by atoms with Gasteiger partial charge in [0.05, 0.1) is 11.4 Å². The number of carbonyl (C=O) groups is 2. The van der Waals surface area contributed by atoms with Gasteiger partial charge in [0.1, 0.15) is 18.2 Å². The van der Waals surface area contributed by atoms with E-state index in [0.717, 1.165) is 28.5 Å². The minimum absolute atomic E-state index is 0.100. The highest BCUT2D eigenvalue weighted by Gasteiger charge is 2.34. The number of amides is 2. The standard InChI is InChI=1S/C25H20FNO3S/c1-17-6-4-8-19(12-17)15-27-24(28)23(31-25(27)29)14-18-7-5-10-21(13-18)30-16-20-9-2-3-11-22(20)26/h2-14H,15-16H2,1H3/b23-14+. The van der Waals surface area contributed by atoms with E-state index in [1.165, 1.54) is 11.0 Å². The van der Waals surface area contributed by atoms with E-state index in [0.29, 0.717) is 16.2 Å². The lowest BCUT2D eigenvalue weighted by Gasteiger charge is -2.12. The summed E-state index contributed by atoms with van der Waals surface area (Å²) in [6, 6.07) is 21.3. The third-order valence-electron chi connectivity index (χ3n) is 4.80. The normalized spacial score (nSPS) is 15.0. The van der Waals surface area contributed by atoms with Crippen LogP contribution in [-0.2, 0) is 17.9 Å². The van der Waals surface area contributed by atoms with Crippen molar-refractivity contribution in [2.24, 2.45) is 0 Å². The number of benzene rings is 3. The van der Waals surface area contributed by atoms with Gasteiger partial charge in [-0.25, -0.2) is 4.39 Å². The number of carbonyl (C=O) groups excluding carboxylic acids is 2. The largest absolute Gasteiger partial charge is 0.489 e. The molecule has 1 heterocycles. The van der Waals surface area contributed by atoms with Crippen molar-refractivity contribution in [2.45, 2.75) is 20.1 Å². The second-order valence-electron chi connectivity index (χ2n) is 7.21. The molecule has 156 valence electrons. The highest BCUT2D eigenvalue weighted by molar-refractivity contribution is 8.18. The van der Waals surface area contributed by atoms with E-state index in [9.17, 15) is 14.0 Å². The van der Waals surface area contributed by atoms with Crippen LogP contribution in [0.25, 0.3) is 6.08 Å². The van der Waals surface area contributed by atoms with Crippen molar-refractivity contribution in [1.29, 1.82) is 0 Å². The first kappa shape index (κ1) is 20.9. The minimum Gasteiger partial charge on any atom is -0.489 e. The molecule has 4 rings (SSSR count). The van der Waals surface area contributed by atoms with E-state index in [4.69, 9.17) is 4.74 Å². The first-order chi connectivity index (χ1) is 15.0. The molecular weight excluding hydrogens is 413 g/mol. The van der Waals surface area contributed by atoms with Gasteiger partial charge in [0.15, 0.2) is 0 Å². The molecule has 3 aromatic carbocycles. The molecule has 1 aliphatic rings. The van der Waals surface area contributed by atoms with Gasteiger partial charge in [0.2, 0.25) is 0 Å². The maximum absolute atomic E-state index is 13.8. The van der Waals surface area contributed by atoms with Crippen LogP contribution in [0.2, 0.25) is 0 Å². The van der Waals surface area contributed by atoms with Gasteiger partial charge in [-0.1, -0.05) is 60.2 Å². The van der Waals surface area contributed by atoms with Crippen LogP contribution in [0, 0.1) is 12.7 Å². The summed E-state index contributed by atoms with van der Waals surface area (Å²) in [5.41, 5.74) is 3.18. The van der Waals surface area contributed by atoms with Crippen LogP contribution in [0.3, 0.4) is 0 Å². The molecule has 0 aliphatic carbocycles. The first-order valence-corrected chi connectivity index (χ1v) is 10.6. The Morgan fingerprint density at radius 2 is 1.81 bits per heavy atom. The van der Waals surface area contributed by atoms with Crippen molar-refractivity contribution < 1.29 is 18.7 Å². The molecule has 6 heteroatoms. The number of imide groups is 1. The Morgan fingerprint density at radius 3 is 2.61 bits per heavy atom. The van der Waals surface area contributed by atoms with Gasteiger partial charge in [-0.3, -0.25) is 14.5 Å². The van der Waals surface area contributed by atoms with Crippen LogP contribution in [-0.4, -0.2) is 16.0 Å². The molecule has 0 radical (unpaired) electrons. The van der Waals surface area contributed by atoms with Crippen LogP contribution < -0.4 is 4.74 Å². The Morgan fingerprint density at radius 1 is 1.00 bits per heavy atom. The fourth-order valence-electron chi connectivity index (χ4n) is 3.25. The summed E-state index contributed by atoms with van der Waals surface area (Å²) >= 11 is 0.926. The van der Waals surface area contributed by atoms with Gasteiger partial charge in [-0.15, -0.1) is 0 Å². The van der Waals surface area contributed by atoms with Gasteiger partial charge in [0, 0.05) is 5.56 Å². The molecule has 31 heavy (non-hydrogen) atoms. The molecule has 0 N–H and O–H groups in total. The molecule has 1 aliphatic heterocycles. The van der Waals surface area contributed by atoms with Gasteiger partial charge in [-0.05, 0) is 54.1 Å². The van der Waals surface area contributed by atoms with Gasteiger partial charge < -0.3 is 4.74 Å². The Kier molecular flexibility index (Phi) is 6.18. The van der Waals surface area contributed by atoms with Gasteiger partial charge in [-0.2, -0.15) is 0 Å². The van der Waals surface area contributed by atoms with Gasteiger partial charge >= 0.3 is 0 Å². The lowest BCUT2D eigenvalue weighted by atomic mass is 10.1. The highest BCUT2D eigenvalue weighted by Crippen LogP contribution is 2.33. The second kappa shape index (κ2) is 9.18. The zero-order valence-corrected chi connectivity index (χ0v) is 17.7. The van der Waals surface area contributed by atoms with Crippen molar-refractivity contribution in [3.05, 3.63) is 106 Å². The molecule has 0 spiro atoms. The van der Waals surface area contributed by atoms with E-state index in [1.807, 2.05) is 37.3 Å². The van der Waals surface area contributed by atoms with E-state index in [-0.39, 0.29) is 30.1 Å². The maximum Gasteiger partial charge on any atom is 0.293 e. The molecular formula is C25H20FNO3S. The summed E-state index contributed by atoms with van der Waals surface area (Å²) in [5.74, 6) is -0.0777. The van der Waals surface area contributed by atoms with E-state index in [2.05, 4.69) is 0 Å². The summed E-state index contributed by atoms with van der Waals surface area (Å²) in [6.45, 7) is 2.32. The molecule has 0 saturated carbocycles. The van der Waals surface area contributed by atoms with Crippen LogP contribution in [0.1, 0.15) is 22.3 Å². The second-order valence-corrected chi connectivity index (χ2v) is 8.20. The number of thioether (sulfide) groups is 1. The third-order valence-corrected chi connectivity index (χ3v) is 5.71. The van der Waals surface area contributed by atoms with Crippen LogP contribution in [0.5, 0.6) is 5.75 Å². The van der Waals surface area contributed by atoms with E-state index in [1.54, 1.807) is 42.5 Å². The summed E-state index contributed by atoms with van der Waals surface area (Å²) in [4.78, 5) is 26.8. The lowest BCUT2D eigenvalue weighted by Crippen LogP contribution is -2.27. The van der Waals surface area contributed by atoms with Crippen LogP contribution >= 0.6 is 11.8 Å². The third kappa shape index (κ3) is 5.03. The Labute approximate surface area is 184 Å². The number of hydrogen-bond acceptors (Lipinski definition) is 4. The topological polar surface area (TPSA) is 46.6 Å². The number of nitrogens with zero attached hydrogens (tertiary/aromatic N) is 1. The monoisotopic (exact) mass is 433 g/mol. The zero-order chi connectivity index (χ0) is 21.8. The van der Waals surface area contributed by atoms with E-state index < -0.39 is 0 Å². The molecule has 4 nitrogen and oxygen atoms in total. The first-order valence-electron chi connectivity index (χ1n) is 9.77. The molecule has 0 atom stereocenters. The fourth-order valence-corrected chi connectivity index (χ4v) is 4.09. The predicted octanol–water partition coefficient (Wildman–Crippen LogP) is 5.95. The minimum atomic E-state index is -0.319. The molecule has 0 aromatic heterocycles. The summed E-state index contributed by atoms with van der Waals surface area (Å²) < 4.78 is 19.5. The van der Waals surface area contributed by atoms with Crippen molar-refractivity contribution in [2.75, 3.05) is 0 Å². The summed E-state index contributed by atoms with van der Waals surface area (Å²) in [5, 5.41) is -0.287. The molecule has 1 fully saturated rings. The Bertz CT molecular complexity index is 1170. The van der Waals surface area contributed by atoms with Crippen molar-refractivity contribution in [3.63, 3.8) is 0 Å².